The summed E-state index contributed by atoms with van der Waals surface area (Å²) in [7, 11) is 0. The quantitative estimate of drug-likeness (QED) is 0.247. The molecule has 0 aliphatic heterocycles. The van der Waals surface area contributed by atoms with Crippen LogP contribution in [-0.2, 0) is 14.3 Å². The number of carbonyl (C=O) groups is 1. The summed E-state index contributed by atoms with van der Waals surface area (Å²) in [6, 6.07) is 0. The molecule has 0 aliphatic carbocycles. The molecule has 5 heteroatoms. The van der Waals surface area contributed by atoms with Gasteiger partial charge in [0.2, 0.25) is 0 Å². The van der Waals surface area contributed by atoms with Gasteiger partial charge in [-0.2, -0.15) is 0 Å². The molecular formula is C8H15NaO4. The van der Waals surface area contributed by atoms with Crippen molar-refractivity contribution in [3.8, 4) is 0 Å². The van der Waals surface area contributed by atoms with Crippen LogP contribution in [0.3, 0.4) is 0 Å². The van der Waals surface area contributed by atoms with E-state index >= 15 is 0 Å². The second kappa shape index (κ2) is 10.5. The maximum atomic E-state index is 9.94. The molecule has 0 fully saturated rings. The Hall–Kier alpha value is 0.390. The molecule has 0 bridgehead atoms. The monoisotopic (exact) mass is 198 g/mol. The Morgan fingerprint density at radius 2 is 2.08 bits per heavy atom. The predicted octanol–water partition coefficient (Wildman–Crippen LogP) is -3.08. The third-order valence-electron chi connectivity index (χ3n) is 1.29. The van der Waals surface area contributed by atoms with E-state index in [0.717, 1.165) is 12.8 Å². The third-order valence-corrected chi connectivity index (χ3v) is 1.29. The third kappa shape index (κ3) is 12.4. The zero-order chi connectivity index (χ0) is 9.40. The average molecular weight is 198 g/mol. The molecule has 0 saturated carbocycles. The number of carbonyl (C=O) groups excluding carboxylic acids is 1. The molecule has 0 rings (SSSR count). The number of rotatable bonds is 7. The summed E-state index contributed by atoms with van der Waals surface area (Å²) in [6.45, 7) is 3.91. The van der Waals surface area contributed by atoms with Gasteiger partial charge in [0.15, 0.2) is 6.29 Å². The molecule has 0 amide bonds. The van der Waals surface area contributed by atoms with Gasteiger partial charge in [-0.1, -0.05) is 13.3 Å². The van der Waals surface area contributed by atoms with Gasteiger partial charge in [-0.05, 0) is 13.3 Å². The fraction of sp³-hybridized carbons (Fsp3) is 0.875. The molecule has 1 unspecified atom stereocenters. The summed E-state index contributed by atoms with van der Waals surface area (Å²) in [4.78, 5) is 9.94. The van der Waals surface area contributed by atoms with Crippen LogP contribution in [0.1, 0.15) is 26.7 Å². The zero-order valence-electron chi connectivity index (χ0n) is 8.54. The van der Waals surface area contributed by atoms with E-state index < -0.39 is 18.9 Å². The average Bonchev–Trinajstić information content (AvgIpc) is 2.01. The zero-order valence-corrected chi connectivity index (χ0v) is 10.5. The van der Waals surface area contributed by atoms with Crippen molar-refractivity contribution in [3.05, 3.63) is 0 Å². The molecule has 0 N–H and O–H groups in total. The number of aliphatic carboxylic acids is 1. The molecule has 72 valence electrons. The molecule has 0 spiro atoms. The van der Waals surface area contributed by atoms with E-state index in [-0.39, 0.29) is 29.6 Å². The Labute approximate surface area is 101 Å². The van der Waals surface area contributed by atoms with Crippen molar-refractivity contribution in [1.29, 1.82) is 0 Å². The maximum Gasteiger partial charge on any atom is 1.00 e. The summed E-state index contributed by atoms with van der Waals surface area (Å²) >= 11 is 0. The molecule has 4 nitrogen and oxygen atoms in total. The standard InChI is InChI=1S/C8H16O4.Na/c1-3-4-5-11-7(2)12-6-8(9)10;/h7H,3-6H2,1-2H3,(H,9,10);/q;+1/p-1. The molecule has 0 aromatic carbocycles. The molecule has 0 heterocycles. The molecule has 0 aromatic heterocycles. The minimum absolute atomic E-state index is 0. The van der Waals surface area contributed by atoms with Crippen LogP contribution in [0, 0.1) is 0 Å². The summed E-state index contributed by atoms with van der Waals surface area (Å²) < 4.78 is 9.89. The largest absolute Gasteiger partial charge is 1.00 e. The number of hydrogen-bond donors (Lipinski definition) is 0. The van der Waals surface area contributed by atoms with E-state index in [1.54, 1.807) is 6.92 Å². The van der Waals surface area contributed by atoms with Gasteiger partial charge in [0.1, 0.15) is 0 Å². The van der Waals surface area contributed by atoms with Crippen LogP contribution in [0.4, 0.5) is 0 Å². The van der Waals surface area contributed by atoms with Crippen LogP contribution in [0.2, 0.25) is 0 Å². The maximum absolute atomic E-state index is 9.94. The van der Waals surface area contributed by atoms with Crippen LogP contribution < -0.4 is 34.7 Å². The van der Waals surface area contributed by atoms with Crippen molar-refractivity contribution in [2.45, 2.75) is 33.0 Å². The van der Waals surface area contributed by atoms with Gasteiger partial charge in [-0.3, -0.25) is 0 Å². The SMILES string of the molecule is CCCCOC(C)OCC(=O)[O-].[Na+]. The van der Waals surface area contributed by atoms with Gasteiger partial charge in [0.25, 0.3) is 0 Å². The van der Waals surface area contributed by atoms with Gasteiger partial charge in [0, 0.05) is 6.61 Å². The fourth-order valence-electron chi connectivity index (χ4n) is 0.627. The van der Waals surface area contributed by atoms with E-state index in [4.69, 9.17) is 9.47 Å². The molecular weight excluding hydrogens is 183 g/mol. The first-order valence-corrected chi connectivity index (χ1v) is 4.10. The Morgan fingerprint density at radius 3 is 2.54 bits per heavy atom. The second-order valence-electron chi connectivity index (χ2n) is 2.47. The van der Waals surface area contributed by atoms with Crippen LogP contribution in [0.5, 0.6) is 0 Å². The summed E-state index contributed by atoms with van der Waals surface area (Å²) in [5.74, 6) is -1.22. The molecule has 0 saturated heterocycles. The van der Waals surface area contributed by atoms with Gasteiger partial charge < -0.3 is 19.4 Å². The molecule has 1 atom stereocenters. The van der Waals surface area contributed by atoms with Crippen LogP contribution in [0.15, 0.2) is 0 Å². The van der Waals surface area contributed by atoms with Crippen molar-refractivity contribution in [1.82, 2.24) is 0 Å². The topological polar surface area (TPSA) is 58.6 Å². The van der Waals surface area contributed by atoms with Crippen molar-refractivity contribution < 1.29 is 48.9 Å². The van der Waals surface area contributed by atoms with E-state index in [0.29, 0.717) is 6.61 Å². The van der Waals surface area contributed by atoms with Crippen LogP contribution in [-0.4, -0.2) is 25.5 Å². The smallest absolute Gasteiger partial charge is 0.548 e. The summed E-state index contributed by atoms with van der Waals surface area (Å²) in [6.07, 6.45) is 1.54. The summed E-state index contributed by atoms with van der Waals surface area (Å²) in [5.41, 5.74) is 0. The van der Waals surface area contributed by atoms with E-state index in [1.165, 1.54) is 0 Å². The van der Waals surface area contributed by atoms with Crippen molar-refractivity contribution >= 4 is 5.97 Å². The molecule has 13 heavy (non-hydrogen) atoms. The first-order chi connectivity index (χ1) is 5.66. The number of carboxylic acids is 1. The Kier molecular flexibility index (Phi) is 12.8. The van der Waals surface area contributed by atoms with E-state index in [2.05, 4.69) is 6.92 Å². The van der Waals surface area contributed by atoms with Crippen LogP contribution in [0.25, 0.3) is 0 Å². The van der Waals surface area contributed by atoms with E-state index in [1.807, 2.05) is 0 Å². The first-order valence-electron chi connectivity index (χ1n) is 4.10. The Balaban J connectivity index is 0. The Morgan fingerprint density at radius 1 is 1.46 bits per heavy atom. The van der Waals surface area contributed by atoms with Crippen molar-refractivity contribution in [3.63, 3.8) is 0 Å². The van der Waals surface area contributed by atoms with Gasteiger partial charge >= 0.3 is 29.6 Å². The second-order valence-corrected chi connectivity index (χ2v) is 2.47. The minimum atomic E-state index is -1.22. The number of ether oxygens (including phenoxy) is 2. The normalized spacial score (nSPS) is 11.8. The molecule has 0 radical (unpaired) electrons. The minimum Gasteiger partial charge on any atom is -0.548 e. The van der Waals surface area contributed by atoms with Gasteiger partial charge in [-0.25, -0.2) is 0 Å². The van der Waals surface area contributed by atoms with E-state index in [9.17, 15) is 9.90 Å². The molecule has 0 aliphatic rings. The van der Waals surface area contributed by atoms with Crippen molar-refractivity contribution in [2.75, 3.05) is 13.2 Å². The van der Waals surface area contributed by atoms with Crippen LogP contribution >= 0.6 is 0 Å². The first kappa shape index (κ1) is 15.8. The Bertz CT molecular complexity index is 129. The predicted molar refractivity (Wildman–Crippen MR) is 41.3 cm³/mol. The van der Waals surface area contributed by atoms with Gasteiger partial charge in [0.05, 0.1) is 12.6 Å². The number of unbranched alkanes of at least 4 members (excludes halogenated alkanes) is 1. The van der Waals surface area contributed by atoms with Crippen molar-refractivity contribution in [2.24, 2.45) is 0 Å². The number of hydrogen-bond acceptors (Lipinski definition) is 4. The fourth-order valence-corrected chi connectivity index (χ4v) is 0.627. The summed E-state index contributed by atoms with van der Waals surface area (Å²) in [5, 5.41) is 9.94. The molecule has 0 aromatic rings. The number of carboxylic acid groups (broad SMARTS) is 1. The van der Waals surface area contributed by atoms with Gasteiger partial charge in [-0.15, -0.1) is 0 Å².